The Morgan fingerprint density at radius 1 is 0.974 bits per heavy atom. The number of aryl methyl sites for hydroxylation is 1. The lowest BCUT2D eigenvalue weighted by Crippen LogP contribution is -2.50. The number of anilines is 4. The number of oxazole rings is 1. The number of benzene rings is 1. The molecule has 2 N–H and O–H groups in total. The molecule has 3 aromatic rings. The van der Waals surface area contributed by atoms with Gasteiger partial charge in [-0.3, -0.25) is 4.79 Å². The van der Waals surface area contributed by atoms with E-state index in [9.17, 15) is 14.0 Å². The number of halogens is 1. The Morgan fingerprint density at radius 2 is 1.71 bits per heavy atom. The molecule has 10 nitrogen and oxygen atoms in total. The number of amides is 3. The smallest absolute Gasteiger partial charge is 0.322 e. The van der Waals surface area contributed by atoms with E-state index in [1.165, 1.54) is 12.1 Å². The topological polar surface area (TPSA) is 107 Å². The van der Waals surface area contributed by atoms with E-state index in [4.69, 9.17) is 4.42 Å². The number of carbonyl (C=O) groups excluding carboxylic acids is 2. The molecule has 3 amide bonds. The van der Waals surface area contributed by atoms with Gasteiger partial charge in [0.2, 0.25) is 5.76 Å². The van der Waals surface area contributed by atoms with E-state index in [0.29, 0.717) is 49.5 Å². The standard InChI is InChI=1S/C27H32FN7O3/c1-18-9-11-35(12-10-18)27-30-19(2)24(38-27)25(36)31-20-7-8-23(29-17-20)33-13-15-34(16-14-33)26(37)32-22-6-4-3-5-21(22)28/h3-8,17-18H,9-16H2,1-2H3,(H,31,36)(H,32,37). The summed E-state index contributed by atoms with van der Waals surface area (Å²) in [4.78, 5) is 40.1. The van der Waals surface area contributed by atoms with E-state index >= 15 is 0 Å². The summed E-state index contributed by atoms with van der Waals surface area (Å²) in [5.41, 5.74) is 1.26. The lowest BCUT2D eigenvalue weighted by Gasteiger charge is -2.35. The zero-order valence-electron chi connectivity index (χ0n) is 21.6. The number of hydrogen-bond acceptors (Lipinski definition) is 7. The van der Waals surface area contributed by atoms with Crippen LogP contribution < -0.4 is 20.4 Å². The van der Waals surface area contributed by atoms with Crippen molar-refractivity contribution in [3.63, 3.8) is 0 Å². The van der Waals surface area contributed by atoms with Gasteiger partial charge in [-0.2, -0.15) is 4.98 Å². The van der Waals surface area contributed by atoms with E-state index in [-0.39, 0.29) is 23.4 Å². The average Bonchev–Trinajstić information content (AvgIpc) is 3.32. The van der Waals surface area contributed by atoms with Gasteiger partial charge in [-0.05, 0) is 49.9 Å². The summed E-state index contributed by atoms with van der Waals surface area (Å²) >= 11 is 0. The first-order valence-corrected chi connectivity index (χ1v) is 12.9. The highest BCUT2D eigenvalue weighted by Crippen LogP contribution is 2.25. The molecule has 2 aliphatic rings. The maximum absolute atomic E-state index is 13.8. The van der Waals surface area contributed by atoms with Crippen LogP contribution in [0.2, 0.25) is 0 Å². The summed E-state index contributed by atoms with van der Waals surface area (Å²) in [6.45, 7) is 7.87. The fourth-order valence-electron chi connectivity index (χ4n) is 4.66. The van der Waals surface area contributed by atoms with Gasteiger partial charge in [0.05, 0.1) is 23.3 Å². The van der Waals surface area contributed by atoms with Gasteiger partial charge in [0.1, 0.15) is 11.6 Å². The van der Waals surface area contributed by atoms with Crippen LogP contribution in [0.15, 0.2) is 47.0 Å². The number of pyridine rings is 1. The number of piperazine rings is 1. The van der Waals surface area contributed by atoms with Gasteiger partial charge in [-0.1, -0.05) is 19.1 Å². The summed E-state index contributed by atoms with van der Waals surface area (Å²) in [6, 6.07) is 9.88. The minimum Gasteiger partial charge on any atom is -0.418 e. The van der Waals surface area contributed by atoms with Crippen molar-refractivity contribution in [2.45, 2.75) is 26.7 Å². The first kappa shape index (κ1) is 25.5. The largest absolute Gasteiger partial charge is 0.418 e. The summed E-state index contributed by atoms with van der Waals surface area (Å²) in [6.07, 6.45) is 3.76. The molecule has 0 unspecified atom stereocenters. The molecule has 2 fully saturated rings. The second kappa shape index (κ2) is 11.1. The van der Waals surface area contributed by atoms with E-state index in [1.54, 1.807) is 36.2 Å². The van der Waals surface area contributed by atoms with E-state index in [1.807, 2.05) is 6.07 Å². The Labute approximate surface area is 220 Å². The van der Waals surface area contributed by atoms with Crippen molar-refractivity contribution in [3.05, 3.63) is 59.9 Å². The molecule has 5 rings (SSSR count). The number of aromatic nitrogens is 2. The van der Waals surface area contributed by atoms with Gasteiger partial charge in [0, 0.05) is 39.3 Å². The minimum atomic E-state index is -0.466. The number of hydrogen-bond donors (Lipinski definition) is 2. The number of nitrogens with one attached hydrogen (secondary N) is 2. The van der Waals surface area contributed by atoms with Crippen LogP contribution in [0.1, 0.15) is 36.0 Å². The molecule has 0 aliphatic carbocycles. The monoisotopic (exact) mass is 521 g/mol. The number of rotatable bonds is 5. The Bertz CT molecular complexity index is 1280. The molecular formula is C27H32FN7O3. The first-order chi connectivity index (χ1) is 18.4. The van der Waals surface area contributed by atoms with Crippen molar-refractivity contribution in [2.24, 2.45) is 5.92 Å². The van der Waals surface area contributed by atoms with Crippen LogP contribution in [0, 0.1) is 18.7 Å². The first-order valence-electron chi connectivity index (χ1n) is 12.9. The maximum Gasteiger partial charge on any atom is 0.322 e. The minimum absolute atomic E-state index is 0.164. The zero-order valence-corrected chi connectivity index (χ0v) is 21.6. The third-order valence-electron chi connectivity index (χ3n) is 7.06. The van der Waals surface area contributed by atoms with Gasteiger partial charge in [0.25, 0.3) is 11.9 Å². The molecule has 4 heterocycles. The molecule has 2 aromatic heterocycles. The van der Waals surface area contributed by atoms with Crippen molar-refractivity contribution in [1.82, 2.24) is 14.9 Å². The molecule has 0 bridgehead atoms. The molecule has 0 spiro atoms. The second-order valence-electron chi connectivity index (χ2n) is 9.82. The Kier molecular flexibility index (Phi) is 7.43. The molecule has 0 atom stereocenters. The highest BCUT2D eigenvalue weighted by Gasteiger charge is 2.25. The van der Waals surface area contributed by atoms with Gasteiger partial charge in [-0.25, -0.2) is 14.2 Å². The highest BCUT2D eigenvalue weighted by molar-refractivity contribution is 6.03. The number of para-hydroxylation sites is 1. The highest BCUT2D eigenvalue weighted by atomic mass is 19.1. The summed E-state index contributed by atoms with van der Waals surface area (Å²) < 4.78 is 19.7. The average molecular weight is 522 g/mol. The molecule has 1 aromatic carbocycles. The number of piperidine rings is 1. The van der Waals surface area contributed by atoms with Crippen molar-refractivity contribution in [1.29, 1.82) is 0 Å². The van der Waals surface area contributed by atoms with Crippen LogP contribution in [0.25, 0.3) is 0 Å². The second-order valence-corrected chi connectivity index (χ2v) is 9.82. The fraction of sp³-hybridized carbons (Fsp3) is 0.407. The lowest BCUT2D eigenvalue weighted by molar-refractivity contribution is 0.0996. The van der Waals surface area contributed by atoms with Crippen LogP contribution in [-0.4, -0.2) is 66.1 Å². The number of urea groups is 1. The van der Waals surface area contributed by atoms with Crippen molar-refractivity contribution in [2.75, 3.05) is 59.7 Å². The lowest BCUT2D eigenvalue weighted by atomic mass is 10.00. The van der Waals surface area contributed by atoms with Crippen molar-refractivity contribution >= 4 is 35.1 Å². The van der Waals surface area contributed by atoms with Crippen LogP contribution in [0.4, 0.5) is 32.4 Å². The van der Waals surface area contributed by atoms with Crippen LogP contribution >= 0.6 is 0 Å². The van der Waals surface area contributed by atoms with Gasteiger partial charge >= 0.3 is 6.03 Å². The van der Waals surface area contributed by atoms with Crippen LogP contribution in [-0.2, 0) is 0 Å². The molecule has 11 heteroatoms. The SMILES string of the molecule is Cc1nc(N2CCC(C)CC2)oc1C(=O)Nc1ccc(N2CCN(C(=O)Nc3ccccc3F)CC2)nc1. The summed E-state index contributed by atoms with van der Waals surface area (Å²) in [5.74, 6) is 0.804. The molecule has 200 valence electrons. The van der Waals surface area contributed by atoms with Gasteiger partial charge in [-0.15, -0.1) is 0 Å². The molecule has 2 aliphatic heterocycles. The van der Waals surface area contributed by atoms with Gasteiger partial charge < -0.3 is 29.8 Å². The Balaban J connectivity index is 1.13. The summed E-state index contributed by atoms with van der Waals surface area (Å²) in [7, 11) is 0. The maximum atomic E-state index is 13.8. The number of nitrogens with zero attached hydrogens (tertiary/aromatic N) is 5. The molecular weight excluding hydrogens is 489 g/mol. The molecule has 38 heavy (non-hydrogen) atoms. The van der Waals surface area contributed by atoms with E-state index in [2.05, 4.69) is 37.3 Å². The Hall–Kier alpha value is -4.15. The molecule has 0 saturated carbocycles. The van der Waals surface area contributed by atoms with Crippen LogP contribution in [0.3, 0.4) is 0 Å². The quantitative estimate of drug-likeness (QED) is 0.514. The number of carbonyl (C=O) groups is 2. The normalized spacial score (nSPS) is 16.4. The van der Waals surface area contributed by atoms with Crippen molar-refractivity contribution in [3.8, 4) is 0 Å². The Morgan fingerprint density at radius 3 is 2.39 bits per heavy atom. The van der Waals surface area contributed by atoms with E-state index in [0.717, 1.165) is 31.7 Å². The molecule has 0 radical (unpaired) electrons. The zero-order chi connectivity index (χ0) is 26.6. The third-order valence-corrected chi connectivity index (χ3v) is 7.06. The van der Waals surface area contributed by atoms with Gasteiger partial charge in [0.15, 0.2) is 0 Å². The van der Waals surface area contributed by atoms with E-state index < -0.39 is 5.82 Å². The summed E-state index contributed by atoms with van der Waals surface area (Å²) in [5, 5.41) is 5.46. The van der Waals surface area contributed by atoms with Crippen molar-refractivity contribution < 1.29 is 18.4 Å². The molecule has 2 saturated heterocycles. The third kappa shape index (κ3) is 5.71. The fourth-order valence-corrected chi connectivity index (χ4v) is 4.66. The predicted octanol–water partition coefficient (Wildman–Crippen LogP) is 4.36. The van der Waals surface area contributed by atoms with Crippen LogP contribution in [0.5, 0.6) is 0 Å². The predicted molar refractivity (Wildman–Crippen MR) is 143 cm³/mol.